The summed E-state index contributed by atoms with van der Waals surface area (Å²) in [5.41, 5.74) is 1.56. The second-order valence-electron chi connectivity index (χ2n) is 3.11. The summed E-state index contributed by atoms with van der Waals surface area (Å²) in [6.45, 7) is 0. The summed E-state index contributed by atoms with van der Waals surface area (Å²) >= 11 is 0. The molecule has 76 valence electrons. The maximum atomic E-state index is 9.66. The minimum absolute atomic E-state index is 0.516. The molecule has 4 heteroatoms. The lowest BCUT2D eigenvalue weighted by Gasteiger charge is -1.98. The number of rotatable bonds is 3. The monoisotopic (exact) mass is 201 g/mol. The summed E-state index contributed by atoms with van der Waals surface area (Å²) in [4.78, 5) is 0. The van der Waals surface area contributed by atoms with Gasteiger partial charge in [-0.25, -0.2) is 0 Å². The Labute approximate surface area is 87.3 Å². The van der Waals surface area contributed by atoms with Crippen LogP contribution in [0.2, 0.25) is 0 Å². The molecule has 0 fully saturated rings. The molecule has 0 aliphatic heterocycles. The van der Waals surface area contributed by atoms with Crippen molar-refractivity contribution < 1.29 is 5.11 Å². The van der Waals surface area contributed by atoms with E-state index >= 15 is 0 Å². The van der Waals surface area contributed by atoms with E-state index in [0.717, 1.165) is 5.56 Å². The Kier molecular flexibility index (Phi) is 2.90. The molecule has 1 heterocycles. The van der Waals surface area contributed by atoms with Crippen molar-refractivity contribution in [2.24, 2.45) is 0 Å². The number of hydrogen-bond acceptors (Lipinski definition) is 3. The molecule has 1 aromatic carbocycles. The van der Waals surface area contributed by atoms with Gasteiger partial charge in [-0.1, -0.05) is 41.6 Å². The van der Waals surface area contributed by atoms with Crippen molar-refractivity contribution in [3.8, 4) is 0 Å². The highest BCUT2D eigenvalue weighted by atomic mass is 16.3. The Morgan fingerprint density at radius 1 is 1.27 bits per heavy atom. The van der Waals surface area contributed by atoms with Crippen LogP contribution < -0.4 is 0 Å². The molecule has 1 aromatic heterocycles. The standard InChI is InChI=1S/C11H11N3O/c15-11(10-8-12-14-13-10)7-6-9-4-2-1-3-5-9/h1-8,11,15H,(H,12,13,14)/b7-6+. The summed E-state index contributed by atoms with van der Waals surface area (Å²) in [6, 6.07) is 9.77. The number of H-pyrrole nitrogens is 1. The average molecular weight is 201 g/mol. The lowest BCUT2D eigenvalue weighted by Crippen LogP contribution is -1.92. The van der Waals surface area contributed by atoms with Gasteiger partial charge in [0.1, 0.15) is 11.8 Å². The quantitative estimate of drug-likeness (QED) is 0.792. The van der Waals surface area contributed by atoms with Gasteiger partial charge in [0.05, 0.1) is 0 Å². The summed E-state index contributed by atoms with van der Waals surface area (Å²) in [6.07, 6.45) is 4.37. The average Bonchev–Trinajstić information content (AvgIpc) is 2.81. The van der Waals surface area contributed by atoms with E-state index in [1.54, 1.807) is 12.3 Å². The Bertz CT molecular complexity index is 422. The molecule has 0 aliphatic carbocycles. The molecular weight excluding hydrogens is 190 g/mol. The number of benzene rings is 1. The molecule has 2 rings (SSSR count). The predicted molar refractivity (Wildman–Crippen MR) is 56.8 cm³/mol. The number of aliphatic hydroxyl groups is 1. The van der Waals surface area contributed by atoms with Gasteiger partial charge in [0.15, 0.2) is 0 Å². The van der Waals surface area contributed by atoms with E-state index in [4.69, 9.17) is 0 Å². The molecule has 1 atom stereocenters. The van der Waals surface area contributed by atoms with E-state index in [1.165, 1.54) is 0 Å². The third-order valence-electron chi connectivity index (χ3n) is 2.01. The number of hydrogen-bond donors (Lipinski definition) is 2. The molecule has 0 bridgehead atoms. The van der Waals surface area contributed by atoms with Crippen molar-refractivity contribution in [3.63, 3.8) is 0 Å². The first-order chi connectivity index (χ1) is 7.36. The van der Waals surface area contributed by atoms with Gasteiger partial charge in [-0.05, 0) is 11.6 Å². The van der Waals surface area contributed by atoms with Crippen LogP contribution in [-0.2, 0) is 0 Å². The first-order valence-corrected chi connectivity index (χ1v) is 4.64. The van der Waals surface area contributed by atoms with E-state index in [0.29, 0.717) is 5.69 Å². The van der Waals surface area contributed by atoms with E-state index in [9.17, 15) is 5.11 Å². The highest BCUT2D eigenvalue weighted by molar-refractivity contribution is 5.49. The highest BCUT2D eigenvalue weighted by Crippen LogP contribution is 2.11. The number of aromatic amines is 1. The molecule has 0 aliphatic rings. The molecule has 4 nitrogen and oxygen atoms in total. The van der Waals surface area contributed by atoms with Crippen molar-refractivity contribution in [1.29, 1.82) is 0 Å². The SMILES string of the molecule is OC(/C=C/c1ccccc1)c1c[nH]nn1. The minimum Gasteiger partial charge on any atom is -0.383 e. The lowest BCUT2D eigenvalue weighted by atomic mass is 10.1. The van der Waals surface area contributed by atoms with Crippen molar-refractivity contribution in [2.45, 2.75) is 6.10 Å². The molecule has 2 N–H and O–H groups in total. The van der Waals surface area contributed by atoms with Gasteiger partial charge in [0, 0.05) is 6.20 Å². The fourth-order valence-corrected chi connectivity index (χ4v) is 1.22. The molecule has 0 radical (unpaired) electrons. The summed E-state index contributed by atoms with van der Waals surface area (Å²) in [5, 5.41) is 19.5. The van der Waals surface area contributed by atoms with E-state index in [1.807, 2.05) is 36.4 Å². The van der Waals surface area contributed by atoms with Gasteiger partial charge in [-0.3, -0.25) is 5.10 Å². The normalized spacial score (nSPS) is 13.1. The molecule has 2 aromatic rings. The summed E-state index contributed by atoms with van der Waals surface area (Å²) < 4.78 is 0. The van der Waals surface area contributed by atoms with E-state index in [2.05, 4.69) is 15.4 Å². The van der Waals surface area contributed by atoms with E-state index in [-0.39, 0.29) is 0 Å². The summed E-state index contributed by atoms with van der Waals surface area (Å²) in [5.74, 6) is 0. The Morgan fingerprint density at radius 3 is 2.73 bits per heavy atom. The zero-order chi connectivity index (χ0) is 10.5. The summed E-state index contributed by atoms with van der Waals surface area (Å²) in [7, 11) is 0. The van der Waals surface area contributed by atoms with Crippen molar-refractivity contribution >= 4 is 6.08 Å². The molecule has 0 saturated carbocycles. The van der Waals surface area contributed by atoms with Gasteiger partial charge in [-0.2, -0.15) is 0 Å². The largest absolute Gasteiger partial charge is 0.383 e. The number of aliphatic hydroxyl groups excluding tert-OH is 1. The van der Waals surface area contributed by atoms with Crippen LogP contribution in [0.25, 0.3) is 6.08 Å². The van der Waals surface area contributed by atoms with Crippen LogP contribution in [0.4, 0.5) is 0 Å². The van der Waals surface area contributed by atoms with Gasteiger partial charge in [0.2, 0.25) is 0 Å². The van der Waals surface area contributed by atoms with Crippen LogP contribution in [0.15, 0.2) is 42.6 Å². The van der Waals surface area contributed by atoms with Crippen LogP contribution in [-0.4, -0.2) is 20.5 Å². The first-order valence-electron chi connectivity index (χ1n) is 4.64. The predicted octanol–water partition coefficient (Wildman–Crippen LogP) is 1.55. The number of nitrogens with one attached hydrogen (secondary N) is 1. The van der Waals surface area contributed by atoms with Crippen molar-refractivity contribution in [3.05, 3.63) is 53.9 Å². The van der Waals surface area contributed by atoms with Crippen LogP contribution in [0.5, 0.6) is 0 Å². The Hall–Kier alpha value is -1.94. The minimum atomic E-state index is -0.719. The second kappa shape index (κ2) is 4.52. The van der Waals surface area contributed by atoms with Gasteiger partial charge < -0.3 is 5.11 Å². The molecule has 0 saturated heterocycles. The number of nitrogens with zero attached hydrogens (tertiary/aromatic N) is 2. The van der Waals surface area contributed by atoms with Crippen LogP contribution >= 0.6 is 0 Å². The zero-order valence-electron chi connectivity index (χ0n) is 8.04. The fourth-order valence-electron chi connectivity index (χ4n) is 1.22. The van der Waals surface area contributed by atoms with Crippen LogP contribution in [0, 0.1) is 0 Å². The van der Waals surface area contributed by atoms with Gasteiger partial charge in [-0.15, -0.1) is 5.10 Å². The topological polar surface area (TPSA) is 61.8 Å². The van der Waals surface area contributed by atoms with Gasteiger partial charge >= 0.3 is 0 Å². The van der Waals surface area contributed by atoms with Crippen molar-refractivity contribution in [1.82, 2.24) is 15.4 Å². The molecule has 1 unspecified atom stereocenters. The maximum Gasteiger partial charge on any atom is 0.118 e. The van der Waals surface area contributed by atoms with E-state index < -0.39 is 6.10 Å². The van der Waals surface area contributed by atoms with Gasteiger partial charge in [0.25, 0.3) is 0 Å². The smallest absolute Gasteiger partial charge is 0.118 e. The Morgan fingerprint density at radius 2 is 2.07 bits per heavy atom. The first kappa shape index (κ1) is 9.61. The Balaban J connectivity index is 2.06. The maximum absolute atomic E-state index is 9.66. The molecule has 0 amide bonds. The van der Waals surface area contributed by atoms with Crippen LogP contribution in [0.1, 0.15) is 17.4 Å². The fraction of sp³-hybridized carbons (Fsp3) is 0.0909. The highest BCUT2D eigenvalue weighted by Gasteiger charge is 2.04. The van der Waals surface area contributed by atoms with Crippen molar-refractivity contribution in [2.75, 3.05) is 0 Å². The number of aromatic nitrogens is 3. The molecule has 15 heavy (non-hydrogen) atoms. The molecule has 0 spiro atoms. The lowest BCUT2D eigenvalue weighted by molar-refractivity contribution is 0.224. The van der Waals surface area contributed by atoms with Crippen LogP contribution in [0.3, 0.4) is 0 Å². The second-order valence-corrected chi connectivity index (χ2v) is 3.11. The third-order valence-corrected chi connectivity index (χ3v) is 2.01. The molecular formula is C11H11N3O. The zero-order valence-corrected chi connectivity index (χ0v) is 8.04. The third kappa shape index (κ3) is 2.51.